The van der Waals surface area contributed by atoms with Crippen LogP contribution in [0.3, 0.4) is 0 Å². The van der Waals surface area contributed by atoms with Crippen LogP contribution in [0.5, 0.6) is 0 Å². The van der Waals surface area contributed by atoms with Crippen LogP contribution in [0.4, 0.5) is 0 Å². The van der Waals surface area contributed by atoms with Crippen LogP contribution in [0.25, 0.3) is 0 Å². The Morgan fingerprint density at radius 1 is 1.13 bits per heavy atom. The normalized spacial score (nSPS) is 13.9. The second-order valence-corrected chi connectivity index (χ2v) is 6.06. The van der Waals surface area contributed by atoms with E-state index in [2.05, 4.69) is 67.9 Å². The van der Waals surface area contributed by atoms with Crippen molar-refractivity contribution in [2.75, 3.05) is 5.33 Å². The van der Waals surface area contributed by atoms with Gasteiger partial charge < -0.3 is 0 Å². The zero-order valence-corrected chi connectivity index (χ0v) is 11.8. The largest absolute Gasteiger partial charge is 0.0925 e. The molecule has 1 unspecified atom stereocenters. The van der Waals surface area contributed by atoms with Gasteiger partial charge in [0.1, 0.15) is 0 Å². The van der Waals surface area contributed by atoms with Crippen LogP contribution in [-0.4, -0.2) is 5.33 Å². The molecule has 0 saturated carbocycles. The molecule has 0 fully saturated rings. The predicted molar refractivity (Wildman–Crippen MR) is 71.8 cm³/mol. The fourth-order valence-electron chi connectivity index (χ4n) is 1.60. The van der Waals surface area contributed by atoms with Crippen molar-refractivity contribution in [1.29, 1.82) is 0 Å². The molecular formula is C14H21Br. The Kier molecular flexibility index (Phi) is 4.39. The van der Waals surface area contributed by atoms with E-state index >= 15 is 0 Å². The summed E-state index contributed by atoms with van der Waals surface area (Å²) in [7, 11) is 0. The number of hydrogen-bond acceptors (Lipinski definition) is 0. The first kappa shape index (κ1) is 12.8. The van der Waals surface area contributed by atoms with Crippen LogP contribution in [0.2, 0.25) is 0 Å². The Balaban J connectivity index is 2.73. The molecule has 0 nitrogen and oxygen atoms in total. The highest BCUT2D eigenvalue weighted by molar-refractivity contribution is 9.09. The third kappa shape index (κ3) is 3.98. The third-order valence-corrected chi connectivity index (χ3v) is 3.77. The standard InChI is InChI=1S/C14H21Br/c1-11(10-15)9-12-5-7-13(8-6-12)14(2,3)4/h5-8,11H,9-10H2,1-4H3. The topological polar surface area (TPSA) is 0 Å². The molecule has 15 heavy (non-hydrogen) atoms. The van der Waals surface area contributed by atoms with Crippen LogP contribution in [0.15, 0.2) is 24.3 Å². The lowest BCUT2D eigenvalue weighted by Crippen LogP contribution is -2.11. The molecule has 0 saturated heterocycles. The van der Waals surface area contributed by atoms with Crippen LogP contribution in [0, 0.1) is 5.92 Å². The zero-order chi connectivity index (χ0) is 11.5. The first-order valence-electron chi connectivity index (χ1n) is 5.59. The monoisotopic (exact) mass is 268 g/mol. The molecule has 0 spiro atoms. The lowest BCUT2D eigenvalue weighted by atomic mass is 9.86. The van der Waals surface area contributed by atoms with Crippen molar-refractivity contribution in [3.63, 3.8) is 0 Å². The minimum atomic E-state index is 0.263. The van der Waals surface area contributed by atoms with Crippen LogP contribution in [0.1, 0.15) is 38.8 Å². The van der Waals surface area contributed by atoms with Crippen molar-refractivity contribution in [2.45, 2.75) is 39.5 Å². The summed E-state index contributed by atoms with van der Waals surface area (Å²) in [5.41, 5.74) is 3.12. The van der Waals surface area contributed by atoms with Crippen molar-refractivity contribution < 1.29 is 0 Å². The summed E-state index contributed by atoms with van der Waals surface area (Å²) in [5, 5.41) is 1.08. The first-order chi connectivity index (χ1) is 6.93. The second kappa shape index (κ2) is 5.16. The van der Waals surface area contributed by atoms with E-state index in [9.17, 15) is 0 Å². The van der Waals surface area contributed by atoms with Crippen molar-refractivity contribution in [2.24, 2.45) is 5.92 Å². The maximum absolute atomic E-state index is 3.52. The lowest BCUT2D eigenvalue weighted by molar-refractivity contribution is 0.589. The number of alkyl halides is 1. The Labute approximate surface area is 102 Å². The number of halogens is 1. The van der Waals surface area contributed by atoms with E-state index in [0.29, 0.717) is 5.92 Å². The highest BCUT2D eigenvalue weighted by Gasteiger charge is 2.12. The van der Waals surface area contributed by atoms with Gasteiger partial charge in [-0.25, -0.2) is 0 Å². The first-order valence-corrected chi connectivity index (χ1v) is 6.71. The van der Waals surface area contributed by atoms with Gasteiger partial charge in [0.15, 0.2) is 0 Å². The quantitative estimate of drug-likeness (QED) is 0.706. The fourth-order valence-corrected chi connectivity index (χ4v) is 1.83. The van der Waals surface area contributed by atoms with Crippen molar-refractivity contribution in [3.05, 3.63) is 35.4 Å². The summed E-state index contributed by atoms with van der Waals surface area (Å²) in [6.45, 7) is 9.03. The van der Waals surface area contributed by atoms with Crippen LogP contribution >= 0.6 is 15.9 Å². The van der Waals surface area contributed by atoms with Gasteiger partial charge in [-0.2, -0.15) is 0 Å². The van der Waals surface area contributed by atoms with E-state index < -0.39 is 0 Å². The molecule has 0 radical (unpaired) electrons. The highest BCUT2D eigenvalue weighted by Crippen LogP contribution is 2.22. The molecule has 84 valence electrons. The van der Waals surface area contributed by atoms with E-state index in [0.717, 1.165) is 11.8 Å². The summed E-state index contributed by atoms with van der Waals surface area (Å²) in [6.07, 6.45) is 1.16. The third-order valence-electron chi connectivity index (χ3n) is 2.67. The smallest absolute Gasteiger partial charge is 0.00602 e. The van der Waals surface area contributed by atoms with Gasteiger partial charge in [-0.05, 0) is 28.9 Å². The summed E-state index contributed by atoms with van der Waals surface area (Å²) in [4.78, 5) is 0. The average Bonchev–Trinajstić information content (AvgIpc) is 2.17. The zero-order valence-electron chi connectivity index (χ0n) is 10.2. The molecule has 1 heteroatoms. The molecule has 0 bridgehead atoms. The average molecular weight is 269 g/mol. The lowest BCUT2D eigenvalue weighted by Gasteiger charge is -2.19. The minimum Gasteiger partial charge on any atom is -0.0925 e. The maximum atomic E-state index is 3.52. The molecule has 1 aromatic rings. The second-order valence-electron chi connectivity index (χ2n) is 5.41. The van der Waals surface area contributed by atoms with Crippen LogP contribution in [-0.2, 0) is 11.8 Å². The van der Waals surface area contributed by atoms with Gasteiger partial charge in [-0.1, -0.05) is 67.9 Å². The van der Waals surface area contributed by atoms with Gasteiger partial charge in [-0.15, -0.1) is 0 Å². The molecule has 0 aliphatic carbocycles. The maximum Gasteiger partial charge on any atom is 0.00602 e. The molecule has 1 rings (SSSR count). The number of rotatable bonds is 3. The molecule has 0 heterocycles. The summed E-state index contributed by atoms with van der Waals surface area (Å²) in [5.74, 6) is 0.713. The van der Waals surface area contributed by atoms with Gasteiger partial charge in [0.2, 0.25) is 0 Å². The molecule has 0 amide bonds. The van der Waals surface area contributed by atoms with E-state index in [-0.39, 0.29) is 5.41 Å². The Morgan fingerprint density at radius 2 is 1.67 bits per heavy atom. The van der Waals surface area contributed by atoms with Crippen molar-refractivity contribution >= 4 is 15.9 Å². The summed E-state index contributed by atoms with van der Waals surface area (Å²) >= 11 is 3.52. The molecular weight excluding hydrogens is 248 g/mol. The van der Waals surface area contributed by atoms with Gasteiger partial charge in [0, 0.05) is 5.33 Å². The van der Waals surface area contributed by atoms with E-state index in [1.165, 1.54) is 11.1 Å². The van der Waals surface area contributed by atoms with E-state index in [4.69, 9.17) is 0 Å². The van der Waals surface area contributed by atoms with Gasteiger partial charge in [0.25, 0.3) is 0 Å². The van der Waals surface area contributed by atoms with Crippen LogP contribution < -0.4 is 0 Å². The van der Waals surface area contributed by atoms with Gasteiger partial charge in [0.05, 0.1) is 0 Å². The fraction of sp³-hybridized carbons (Fsp3) is 0.571. The van der Waals surface area contributed by atoms with Crippen molar-refractivity contribution in [3.8, 4) is 0 Å². The molecule has 0 aromatic heterocycles. The van der Waals surface area contributed by atoms with Gasteiger partial charge >= 0.3 is 0 Å². The van der Waals surface area contributed by atoms with E-state index in [1.807, 2.05) is 0 Å². The van der Waals surface area contributed by atoms with Crippen molar-refractivity contribution in [1.82, 2.24) is 0 Å². The molecule has 0 aliphatic rings. The Bertz CT molecular complexity index is 292. The number of hydrogen-bond donors (Lipinski definition) is 0. The molecule has 0 aliphatic heterocycles. The summed E-state index contributed by atoms with van der Waals surface area (Å²) < 4.78 is 0. The Morgan fingerprint density at radius 3 is 2.07 bits per heavy atom. The minimum absolute atomic E-state index is 0.263. The summed E-state index contributed by atoms with van der Waals surface area (Å²) in [6, 6.07) is 9.05. The molecule has 0 N–H and O–H groups in total. The molecule has 1 aromatic carbocycles. The Hall–Kier alpha value is -0.300. The SMILES string of the molecule is CC(CBr)Cc1ccc(C(C)(C)C)cc1. The molecule has 1 atom stereocenters. The van der Waals surface area contributed by atoms with Gasteiger partial charge in [-0.3, -0.25) is 0 Å². The number of benzene rings is 1. The highest BCUT2D eigenvalue weighted by atomic mass is 79.9. The predicted octanol–water partition coefficient (Wildman–Crippen LogP) is 4.56. The van der Waals surface area contributed by atoms with E-state index in [1.54, 1.807) is 0 Å².